The fourth-order valence-corrected chi connectivity index (χ4v) is 4.36. The number of benzene rings is 2. The second-order valence-electron chi connectivity index (χ2n) is 7.59. The van der Waals surface area contributed by atoms with Gasteiger partial charge in [-0.3, -0.25) is 9.59 Å². The van der Waals surface area contributed by atoms with E-state index in [0.717, 1.165) is 27.4 Å². The Kier molecular flexibility index (Phi) is 5.18. The van der Waals surface area contributed by atoms with Crippen molar-refractivity contribution >= 4 is 45.8 Å². The summed E-state index contributed by atoms with van der Waals surface area (Å²) in [5.74, 6) is -0.648. The van der Waals surface area contributed by atoms with Gasteiger partial charge in [0.05, 0.1) is 11.3 Å². The highest BCUT2D eigenvalue weighted by Gasteiger charge is 2.40. The molecule has 0 spiro atoms. The molecule has 1 aliphatic rings. The highest BCUT2D eigenvalue weighted by Crippen LogP contribution is 2.36. The molecule has 30 heavy (non-hydrogen) atoms. The normalized spacial score (nSPS) is 13.9. The summed E-state index contributed by atoms with van der Waals surface area (Å²) in [6.45, 7) is 3.92. The zero-order chi connectivity index (χ0) is 21.4. The highest BCUT2D eigenvalue weighted by molar-refractivity contribution is 7.11. The molecule has 0 saturated heterocycles. The number of amides is 2. The van der Waals surface area contributed by atoms with E-state index in [9.17, 15) is 9.59 Å². The first kappa shape index (κ1) is 19.9. The molecule has 1 aliphatic heterocycles. The summed E-state index contributed by atoms with van der Waals surface area (Å²) in [7, 11) is 3.95. The molecular formula is C24H23N3O2S. The number of carbonyl (C=O) groups excluding carboxylic acids is 2. The van der Waals surface area contributed by atoms with Gasteiger partial charge in [0, 0.05) is 30.3 Å². The Morgan fingerprint density at radius 3 is 2.13 bits per heavy atom. The Morgan fingerprint density at radius 1 is 0.900 bits per heavy atom. The Balaban J connectivity index is 1.76. The standard InChI is InChI=1S/C24H23N3O2S/c1-15-12-16(2)14-19(13-15)27-23(28)21(20-6-5-11-30-20)22(24(27)29)25-17-7-9-18(10-8-17)26(3)4/h5-14,25H,1-4H3. The second-order valence-corrected chi connectivity index (χ2v) is 8.53. The van der Waals surface area contributed by atoms with Crippen LogP contribution in [0.4, 0.5) is 17.1 Å². The molecule has 2 aromatic carbocycles. The van der Waals surface area contributed by atoms with Gasteiger partial charge < -0.3 is 10.2 Å². The summed E-state index contributed by atoms with van der Waals surface area (Å²) < 4.78 is 0. The average molecular weight is 418 g/mol. The molecule has 1 aromatic heterocycles. The molecule has 0 radical (unpaired) electrons. The maximum Gasteiger partial charge on any atom is 0.282 e. The zero-order valence-corrected chi connectivity index (χ0v) is 18.2. The van der Waals surface area contributed by atoms with E-state index in [2.05, 4.69) is 5.32 Å². The lowest BCUT2D eigenvalue weighted by atomic mass is 10.1. The van der Waals surface area contributed by atoms with Crippen molar-refractivity contribution in [3.05, 3.63) is 81.7 Å². The predicted molar refractivity (Wildman–Crippen MR) is 124 cm³/mol. The number of imide groups is 1. The van der Waals surface area contributed by atoms with Crippen molar-refractivity contribution in [2.75, 3.05) is 29.2 Å². The summed E-state index contributed by atoms with van der Waals surface area (Å²) in [6, 6.07) is 17.3. The molecule has 4 rings (SSSR count). The van der Waals surface area contributed by atoms with E-state index in [4.69, 9.17) is 0 Å². The van der Waals surface area contributed by atoms with Crippen molar-refractivity contribution < 1.29 is 9.59 Å². The van der Waals surface area contributed by atoms with Crippen LogP contribution in [-0.2, 0) is 9.59 Å². The first-order valence-corrected chi connectivity index (χ1v) is 10.5. The molecule has 152 valence electrons. The van der Waals surface area contributed by atoms with Crippen LogP contribution in [0.25, 0.3) is 5.57 Å². The molecule has 0 saturated carbocycles. The van der Waals surface area contributed by atoms with Crippen LogP contribution in [-0.4, -0.2) is 25.9 Å². The minimum Gasteiger partial charge on any atom is -0.378 e. The fourth-order valence-electron chi connectivity index (χ4n) is 3.60. The monoisotopic (exact) mass is 417 g/mol. The Bertz CT molecular complexity index is 1130. The summed E-state index contributed by atoms with van der Waals surface area (Å²) in [6.07, 6.45) is 0. The van der Waals surface area contributed by atoms with E-state index in [0.29, 0.717) is 17.0 Å². The number of nitrogens with one attached hydrogen (secondary N) is 1. The number of hydrogen-bond donors (Lipinski definition) is 1. The molecule has 0 unspecified atom stereocenters. The maximum atomic E-state index is 13.4. The van der Waals surface area contributed by atoms with Gasteiger partial charge in [0.15, 0.2) is 0 Å². The average Bonchev–Trinajstić information content (AvgIpc) is 3.28. The summed E-state index contributed by atoms with van der Waals surface area (Å²) in [5, 5.41) is 5.12. The molecule has 3 aromatic rings. The van der Waals surface area contributed by atoms with Crippen molar-refractivity contribution in [3.8, 4) is 0 Å². The van der Waals surface area contributed by atoms with Crippen LogP contribution in [0.1, 0.15) is 16.0 Å². The number of hydrogen-bond acceptors (Lipinski definition) is 5. The molecule has 0 aliphatic carbocycles. The van der Waals surface area contributed by atoms with Gasteiger partial charge in [0.25, 0.3) is 11.8 Å². The third-order valence-electron chi connectivity index (χ3n) is 4.97. The van der Waals surface area contributed by atoms with Gasteiger partial charge in [-0.25, -0.2) is 4.90 Å². The Hall–Kier alpha value is -3.38. The molecule has 2 amide bonds. The van der Waals surface area contributed by atoms with Crippen molar-refractivity contribution in [2.24, 2.45) is 0 Å². The van der Waals surface area contributed by atoms with Gasteiger partial charge in [-0.05, 0) is 72.8 Å². The van der Waals surface area contributed by atoms with Gasteiger partial charge in [0.1, 0.15) is 5.70 Å². The minimum atomic E-state index is -0.343. The van der Waals surface area contributed by atoms with E-state index in [1.165, 1.54) is 16.2 Å². The maximum absolute atomic E-state index is 13.4. The van der Waals surface area contributed by atoms with Crippen LogP contribution in [0, 0.1) is 13.8 Å². The van der Waals surface area contributed by atoms with E-state index >= 15 is 0 Å². The van der Waals surface area contributed by atoms with Crippen molar-refractivity contribution in [2.45, 2.75) is 13.8 Å². The lowest BCUT2D eigenvalue weighted by molar-refractivity contribution is -0.120. The van der Waals surface area contributed by atoms with Crippen LogP contribution in [0.5, 0.6) is 0 Å². The SMILES string of the molecule is Cc1cc(C)cc(N2C(=O)C(Nc3ccc(N(C)C)cc3)=C(c3cccs3)C2=O)c1. The fraction of sp³-hybridized carbons (Fsp3) is 0.167. The molecule has 0 atom stereocenters. The van der Waals surface area contributed by atoms with Gasteiger partial charge in [-0.15, -0.1) is 11.3 Å². The summed E-state index contributed by atoms with van der Waals surface area (Å²) in [4.78, 5) is 30.8. The van der Waals surface area contributed by atoms with E-state index in [1.807, 2.05) is 92.8 Å². The van der Waals surface area contributed by atoms with E-state index in [-0.39, 0.29) is 11.8 Å². The van der Waals surface area contributed by atoms with E-state index in [1.54, 1.807) is 0 Å². The van der Waals surface area contributed by atoms with Crippen molar-refractivity contribution in [3.63, 3.8) is 0 Å². The lowest BCUT2D eigenvalue weighted by Crippen LogP contribution is -2.32. The van der Waals surface area contributed by atoms with Crippen LogP contribution in [0.3, 0.4) is 0 Å². The zero-order valence-electron chi connectivity index (χ0n) is 17.4. The van der Waals surface area contributed by atoms with Gasteiger partial charge in [-0.1, -0.05) is 12.1 Å². The molecule has 5 nitrogen and oxygen atoms in total. The Morgan fingerprint density at radius 2 is 1.57 bits per heavy atom. The largest absolute Gasteiger partial charge is 0.378 e. The third kappa shape index (κ3) is 3.62. The molecule has 1 N–H and O–H groups in total. The molecule has 6 heteroatoms. The number of thiophene rings is 1. The van der Waals surface area contributed by atoms with Crippen LogP contribution < -0.4 is 15.1 Å². The number of anilines is 3. The molecular weight excluding hydrogens is 394 g/mol. The van der Waals surface area contributed by atoms with Crippen LogP contribution >= 0.6 is 11.3 Å². The summed E-state index contributed by atoms with van der Waals surface area (Å²) >= 11 is 1.45. The number of rotatable bonds is 5. The van der Waals surface area contributed by atoms with Crippen LogP contribution in [0.2, 0.25) is 0 Å². The Labute approximate surface area is 180 Å². The first-order chi connectivity index (χ1) is 14.3. The predicted octanol–water partition coefficient (Wildman–Crippen LogP) is 4.83. The quantitative estimate of drug-likeness (QED) is 0.605. The van der Waals surface area contributed by atoms with Gasteiger partial charge in [-0.2, -0.15) is 0 Å². The molecule has 0 fully saturated rings. The van der Waals surface area contributed by atoms with Crippen LogP contribution in [0.15, 0.2) is 65.7 Å². The second kappa shape index (κ2) is 7.80. The number of nitrogens with zero attached hydrogens (tertiary/aromatic N) is 2. The lowest BCUT2D eigenvalue weighted by Gasteiger charge is -2.17. The minimum absolute atomic E-state index is 0.305. The molecule has 2 heterocycles. The third-order valence-corrected chi connectivity index (χ3v) is 5.86. The molecule has 0 bridgehead atoms. The number of aryl methyl sites for hydroxylation is 2. The van der Waals surface area contributed by atoms with Crippen molar-refractivity contribution in [1.29, 1.82) is 0 Å². The highest BCUT2D eigenvalue weighted by atomic mass is 32.1. The van der Waals surface area contributed by atoms with Gasteiger partial charge >= 0.3 is 0 Å². The first-order valence-electron chi connectivity index (χ1n) is 9.65. The van der Waals surface area contributed by atoms with E-state index < -0.39 is 0 Å². The topological polar surface area (TPSA) is 52.7 Å². The van der Waals surface area contributed by atoms with Crippen molar-refractivity contribution in [1.82, 2.24) is 0 Å². The summed E-state index contributed by atoms with van der Waals surface area (Å²) in [5.41, 5.74) is 5.13. The smallest absolute Gasteiger partial charge is 0.282 e. The van der Waals surface area contributed by atoms with Gasteiger partial charge in [0.2, 0.25) is 0 Å². The number of carbonyl (C=O) groups is 2.